The van der Waals surface area contributed by atoms with Crippen LogP contribution in [0.25, 0.3) is 11.3 Å². The molecule has 7 heteroatoms. The number of aromatic nitrogens is 3. The molecule has 1 aromatic heterocycles. The lowest BCUT2D eigenvalue weighted by molar-refractivity contribution is 0.259. The summed E-state index contributed by atoms with van der Waals surface area (Å²) in [4.78, 5) is 4.17. The van der Waals surface area contributed by atoms with Gasteiger partial charge in [0.15, 0.2) is 0 Å². The molecule has 0 amide bonds. The molecule has 5 nitrogen and oxygen atoms in total. The van der Waals surface area contributed by atoms with E-state index < -0.39 is 0 Å². The van der Waals surface area contributed by atoms with Gasteiger partial charge in [-0.2, -0.15) is 15.0 Å². The SMILES string of the molecule is CCN1CCC[C@@H]1CNCc1nn(Cc2ccc(F)cc2Cl)nc1-c1ccccc1. The van der Waals surface area contributed by atoms with Crippen molar-refractivity contribution >= 4 is 11.6 Å². The van der Waals surface area contributed by atoms with Gasteiger partial charge in [-0.25, -0.2) is 4.39 Å². The topological polar surface area (TPSA) is 46.0 Å². The van der Waals surface area contributed by atoms with Crippen LogP contribution in [0.5, 0.6) is 0 Å². The Morgan fingerprint density at radius 2 is 2.00 bits per heavy atom. The van der Waals surface area contributed by atoms with Crippen molar-refractivity contribution in [2.45, 2.75) is 38.9 Å². The maximum absolute atomic E-state index is 13.4. The summed E-state index contributed by atoms with van der Waals surface area (Å²) in [7, 11) is 0. The van der Waals surface area contributed by atoms with Gasteiger partial charge in [0, 0.05) is 29.7 Å². The van der Waals surface area contributed by atoms with Crippen LogP contribution in [0.2, 0.25) is 5.02 Å². The molecule has 30 heavy (non-hydrogen) atoms. The monoisotopic (exact) mass is 427 g/mol. The minimum absolute atomic E-state index is 0.347. The van der Waals surface area contributed by atoms with Crippen molar-refractivity contribution in [3.8, 4) is 11.3 Å². The number of hydrogen-bond donors (Lipinski definition) is 1. The summed E-state index contributed by atoms with van der Waals surface area (Å²) in [5.41, 5.74) is 3.58. The summed E-state index contributed by atoms with van der Waals surface area (Å²) >= 11 is 6.20. The molecular weight excluding hydrogens is 401 g/mol. The van der Waals surface area contributed by atoms with Crippen molar-refractivity contribution in [2.24, 2.45) is 0 Å². The maximum Gasteiger partial charge on any atom is 0.124 e. The number of rotatable bonds is 8. The highest BCUT2D eigenvalue weighted by Gasteiger charge is 2.22. The minimum atomic E-state index is -0.347. The Morgan fingerprint density at radius 3 is 2.77 bits per heavy atom. The van der Waals surface area contributed by atoms with Crippen molar-refractivity contribution in [1.82, 2.24) is 25.2 Å². The summed E-state index contributed by atoms with van der Waals surface area (Å²) in [5, 5.41) is 13.4. The van der Waals surface area contributed by atoms with Crippen LogP contribution in [-0.2, 0) is 13.1 Å². The molecular formula is C23H27ClFN5. The lowest BCUT2D eigenvalue weighted by Gasteiger charge is -2.22. The zero-order valence-electron chi connectivity index (χ0n) is 17.2. The van der Waals surface area contributed by atoms with Gasteiger partial charge < -0.3 is 5.32 Å². The largest absolute Gasteiger partial charge is 0.309 e. The maximum atomic E-state index is 13.4. The van der Waals surface area contributed by atoms with Crippen LogP contribution in [-0.4, -0.2) is 45.6 Å². The van der Waals surface area contributed by atoms with Gasteiger partial charge in [0.1, 0.15) is 17.2 Å². The van der Waals surface area contributed by atoms with E-state index in [0.29, 0.717) is 24.2 Å². The standard InChI is InChI=1S/C23H27ClFN5/c1-2-29-12-6-9-20(29)14-26-15-22-23(17-7-4-3-5-8-17)28-30(27-22)16-18-10-11-19(25)13-21(18)24/h3-5,7-8,10-11,13,20,26H,2,6,9,12,14-16H2,1H3/t20-/m1/s1. The summed E-state index contributed by atoms with van der Waals surface area (Å²) in [6, 6.07) is 15.1. The molecule has 0 radical (unpaired) electrons. The van der Waals surface area contributed by atoms with Crippen LogP contribution >= 0.6 is 11.6 Å². The molecule has 1 aliphatic heterocycles. The van der Waals surface area contributed by atoms with Gasteiger partial charge in [-0.15, -0.1) is 0 Å². The molecule has 0 bridgehead atoms. The fraction of sp³-hybridized carbons (Fsp3) is 0.391. The van der Waals surface area contributed by atoms with E-state index in [4.69, 9.17) is 21.8 Å². The first-order chi connectivity index (χ1) is 14.6. The zero-order chi connectivity index (χ0) is 20.9. The zero-order valence-corrected chi connectivity index (χ0v) is 17.9. The molecule has 3 aromatic rings. The highest BCUT2D eigenvalue weighted by molar-refractivity contribution is 6.31. The first kappa shape index (κ1) is 21.0. The lowest BCUT2D eigenvalue weighted by Crippen LogP contribution is -2.37. The van der Waals surface area contributed by atoms with E-state index in [1.165, 1.54) is 31.5 Å². The van der Waals surface area contributed by atoms with E-state index in [1.54, 1.807) is 10.9 Å². The predicted octanol–water partition coefficient (Wildman–Crippen LogP) is 4.36. The van der Waals surface area contributed by atoms with Gasteiger partial charge in [-0.05, 0) is 43.6 Å². The quantitative estimate of drug-likeness (QED) is 0.580. The summed E-state index contributed by atoms with van der Waals surface area (Å²) in [6.45, 7) is 6.49. The van der Waals surface area contributed by atoms with Gasteiger partial charge in [-0.3, -0.25) is 4.90 Å². The second kappa shape index (κ2) is 9.69. The Morgan fingerprint density at radius 1 is 1.17 bits per heavy atom. The van der Waals surface area contributed by atoms with Crippen LogP contribution in [0.1, 0.15) is 31.0 Å². The Balaban J connectivity index is 1.52. The number of nitrogens with one attached hydrogen (secondary N) is 1. The Bertz CT molecular complexity index is 975. The van der Waals surface area contributed by atoms with Gasteiger partial charge in [0.05, 0.1) is 6.54 Å². The summed E-state index contributed by atoms with van der Waals surface area (Å²) in [6.07, 6.45) is 2.51. The van der Waals surface area contributed by atoms with Crippen LogP contribution in [0.15, 0.2) is 48.5 Å². The Labute approximate surface area is 181 Å². The molecule has 1 atom stereocenters. The molecule has 1 saturated heterocycles. The number of likely N-dealkylation sites (tertiary alicyclic amines) is 1. The number of halogens is 2. The second-order valence-corrected chi connectivity index (χ2v) is 8.09. The van der Waals surface area contributed by atoms with Gasteiger partial charge in [-0.1, -0.05) is 54.9 Å². The van der Waals surface area contributed by atoms with Gasteiger partial charge in [0.2, 0.25) is 0 Å². The molecule has 0 aliphatic carbocycles. The molecule has 2 aromatic carbocycles. The van der Waals surface area contributed by atoms with Crippen molar-refractivity contribution in [1.29, 1.82) is 0 Å². The fourth-order valence-corrected chi connectivity index (χ4v) is 4.32. The molecule has 0 unspecified atom stereocenters. The van der Waals surface area contributed by atoms with E-state index >= 15 is 0 Å². The first-order valence-corrected chi connectivity index (χ1v) is 10.9. The third-order valence-electron chi connectivity index (χ3n) is 5.68. The van der Waals surface area contributed by atoms with E-state index in [0.717, 1.165) is 35.6 Å². The van der Waals surface area contributed by atoms with Crippen molar-refractivity contribution in [3.63, 3.8) is 0 Å². The molecule has 158 valence electrons. The number of nitrogens with zero attached hydrogens (tertiary/aromatic N) is 4. The van der Waals surface area contributed by atoms with E-state index in [9.17, 15) is 4.39 Å². The average molecular weight is 428 g/mol. The van der Waals surface area contributed by atoms with Gasteiger partial charge in [0.25, 0.3) is 0 Å². The van der Waals surface area contributed by atoms with Crippen LogP contribution in [0.3, 0.4) is 0 Å². The summed E-state index contributed by atoms with van der Waals surface area (Å²) in [5.74, 6) is -0.347. The molecule has 2 heterocycles. The highest BCUT2D eigenvalue weighted by Crippen LogP contribution is 2.23. The van der Waals surface area contributed by atoms with Gasteiger partial charge >= 0.3 is 0 Å². The van der Waals surface area contributed by atoms with Crippen molar-refractivity contribution in [2.75, 3.05) is 19.6 Å². The summed E-state index contributed by atoms with van der Waals surface area (Å²) < 4.78 is 13.4. The molecule has 0 saturated carbocycles. The smallest absolute Gasteiger partial charge is 0.124 e. The van der Waals surface area contributed by atoms with Crippen LogP contribution < -0.4 is 5.32 Å². The van der Waals surface area contributed by atoms with Crippen LogP contribution in [0.4, 0.5) is 4.39 Å². The van der Waals surface area contributed by atoms with E-state index in [-0.39, 0.29) is 5.82 Å². The molecule has 1 N–H and O–H groups in total. The highest BCUT2D eigenvalue weighted by atomic mass is 35.5. The van der Waals surface area contributed by atoms with Crippen molar-refractivity contribution in [3.05, 3.63) is 70.6 Å². The van der Waals surface area contributed by atoms with Crippen LogP contribution in [0, 0.1) is 5.82 Å². The lowest BCUT2D eigenvalue weighted by atomic mass is 10.1. The number of likely N-dealkylation sites (N-methyl/N-ethyl adjacent to an activating group) is 1. The predicted molar refractivity (Wildman–Crippen MR) is 118 cm³/mol. The van der Waals surface area contributed by atoms with E-state index in [2.05, 4.69) is 17.1 Å². The normalized spacial score (nSPS) is 17.0. The number of benzene rings is 2. The molecule has 4 rings (SSSR count). The first-order valence-electron chi connectivity index (χ1n) is 10.5. The third-order valence-corrected chi connectivity index (χ3v) is 6.03. The Hall–Kier alpha value is -2.28. The minimum Gasteiger partial charge on any atom is -0.309 e. The Kier molecular flexibility index (Phi) is 6.77. The second-order valence-electron chi connectivity index (χ2n) is 7.68. The fourth-order valence-electron chi connectivity index (χ4n) is 4.09. The number of hydrogen-bond acceptors (Lipinski definition) is 4. The molecule has 1 aliphatic rings. The third kappa shape index (κ3) is 4.89. The molecule has 0 spiro atoms. The van der Waals surface area contributed by atoms with Crippen molar-refractivity contribution < 1.29 is 4.39 Å². The molecule has 1 fully saturated rings. The average Bonchev–Trinajstić information content (AvgIpc) is 3.37. The van der Waals surface area contributed by atoms with E-state index in [1.807, 2.05) is 30.3 Å².